The first-order chi connectivity index (χ1) is 13.6. The van der Waals surface area contributed by atoms with Crippen LogP contribution in [0.4, 0.5) is 5.95 Å². The van der Waals surface area contributed by atoms with E-state index < -0.39 is 12.0 Å². The summed E-state index contributed by atoms with van der Waals surface area (Å²) in [6.07, 6.45) is 1.55. The summed E-state index contributed by atoms with van der Waals surface area (Å²) in [6.45, 7) is 10.2. The lowest BCUT2D eigenvalue weighted by Gasteiger charge is -2.28. The standard InChI is InChI=1S/C20H24N4O3S/c1-5-12-27-18(25)16-13(4)21-19-22-20(28-7-3)23-24(19)17(16)14-8-10-15(11-9-14)26-6-2/h5,8-11,17H,1,6-7,12H2,2-4H3,(H,21,22,23). The van der Waals surface area contributed by atoms with E-state index in [1.165, 1.54) is 0 Å². The molecule has 28 heavy (non-hydrogen) atoms. The summed E-state index contributed by atoms with van der Waals surface area (Å²) in [6, 6.07) is 7.21. The summed E-state index contributed by atoms with van der Waals surface area (Å²) in [5.74, 6) is 1.83. The number of anilines is 1. The van der Waals surface area contributed by atoms with E-state index >= 15 is 0 Å². The highest BCUT2D eigenvalue weighted by Crippen LogP contribution is 2.37. The highest BCUT2D eigenvalue weighted by molar-refractivity contribution is 7.99. The Hall–Kier alpha value is -2.74. The molecule has 0 amide bonds. The van der Waals surface area contributed by atoms with Crippen LogP contribution in [0.25, 0.3) is 0 Å². The zero-order valence-corrected chi connectivity index (χ0v) is 17.1. The first kappa shape index (κ1) is 20.0. The summed E-state index contributed by atoms with van der Waals surface area (Å²) in [4.78, 5) is 17.3. The van der Waals surface area contributed by atoms with Gasteiger partial charge >= 0.3 is 5.97 Å². The van der Waals surface area contributed by atoms with Crippen LogP contribution in [0.1, 0.15) is 32.4 Å². The van der Waals surface area contributed by atoms with Crippen LogP contribution in [-0.2, 0) is 9.53 Å². The van der Waals surface area contributed by atoms with Gasteiger partial charge in [0, 0.05) is 5.70 Å². The lowest BCUT2D eigenvalue weighted by Crippen LogP contribution is -2.29. The van der Waals surface area contributed by atoms with E-state index in [-0.39, 0.29) is 6.61 Å². The molecule has 1 aromatic heterocycles. The van der Waals surface area contributed by atoms with Crippen molar-refractivity contribution in [3.8, 4) is 5.75 Å². The van der Waals surface area contributed by atoms with Gasteiger partial charge < -0.3 is 14.8 Å². The van der Waals surface area contributed by atoms with Crippen molar-refractivity contribution >= 4 is 23.7 Å². The number of nitrogens with zero attached hydrogens (tertiary/aromatic N) is 3. The van der Waals surface area contributed by atoms with Crippen molar-refractivity contribution in [1.82, 2.24) is 14.8 Å². The molecule has 1 aromatic carbocycles. The Kier molecular flexibility index (Phi) is 6.41. The van der Waals surface area contributed by atoms with Gasteiger partial charge in [-0.25, -0.2) is 9.48 Å². The number of benzene rings is 1. The number of fused-ring (bicyclic) bond motifs is 1. The van der Waals surface area contributed by atoms with Crippen molar-refractivity contribution in [2.45, 2.75) is 32.0 Å². The number of hydrogen-bond acceptors (Lipinski definition) is 7. The molecule has 0 fully saturated rings. The molecule has 0 aliphatic carbocycles. The van der Waals surface area contributed by atoms with Crippen LogP contribution in [0.2, 0.25) is 0 Å². The molecule has 1 aliphatic rings. The Morgan fingerprint density at radius 3 is 2.75 bits per heavy atom. The van der Waals surface area contributed by atoms with E-state index in [1.54, 1.807) is 22.5 Å². The number of ether oxygens (including phenoxy) is 2. The maximum Gasteiger partial charge on any atom is 0.338 e. The molecular formula is C20H24N4O3S. The van der Waals surface area contributed by atoms with Gasteiger partial charge in [0.15, 0.2) is 0 Å². The van der Waals surface area contributed by atoms with Gasteiger partial charge in [-0.05, 0) is 37.3 Å². The van der Waals surface area contributed by atoms with E-state index in [4.69, 9.17) is 9.47 Å². The van der Waals surface area contributed by atoms with Gasteiger partial charge in [0.25, 0.3) is 0 Å². The Balaban J connectivity index is 2.06. The van der Waals surface area contributed by atoms with Gasteiger partial charge in [-0.1, -0.05) is 43.5 Å². The van der Waals surface area contributed by atoms with Crippen LogP contribution in [0, 0.1) is 0 Å². The molecular weight excluding hydrogens is 376 g/mol. The minimum atomic E-state index is -0.442. The summed E-state index contributed by atoms with van der Waals surface area (Å²) in [5, 5.41) is 8.46. The number of aromatic nitrogens is 3. The fourth-order valence-electron chi connectivity index (χ4n) is 3.02. The number of allylic oxidation sites excluding steroid dienone is 1. The Labute approximate surface area is 168 Å². The predicted molar refractivity (Wildman–Crippen MR) is 110 cm³/mol. The molecule has 0 radical (unpaired) electrons. The molecule has 148 valence electrons. The Morgan fingerprint density at radius 2 is 2.11 bits per heavy atom. The van der Waals surface area contributed by atoms with Gasteiger partial charge in [0.05, 0.1) is 12.2 Å². The first-order valence-corrected chi connectivity index (χ1v) is 10.2. The lowest BCUT2D eigenvalue weighted by molar-refractivity contribution is -0.138. The van der Waals surface area contributed by atoms with E-state index in [2.05, 4.69) is 22.0 Å². The fourth-order valence-corrected chi connectivity index (χ4v) is 3.57. The second-order valence-electron chi connectivity index (χ2n) is 6.05. The van der Waals surface area contributed by atoms with Crippen molar-refractivity contribution in [2.24, 2.45) is 0 Å². The number of esters is 1. The van der Waals surface area contributed by atoms with Crippen LogP contribution in [0.15, 0.2) is 53.3 Å². The van der Waals surface area contributed by atoms with Gasteiger partial charge in [-0.3, -0.25) is 0 Å². The van der Waals surface area contributed by atoms with Crippen LogP contribution >= 0.6 is 11.8 Å². The van der Waals surface area contributed by atoms with Gasteiger partial charge in [0.2, 0.25) is 11.1 Å². The molecule has 2 heterocycles. The highest BCUT2D eigenvalue weighted by atomic mass is 32.2. The van der Waals surface area contributed by atoms with Crippen LogP contribution < -0.4 is 10.1 Å². The molecule has 7 nitrogen and oxygen atoms in total. The summed E-state index contributed by atoms with van der Waals surface area (Å²) >= 11 is 1.55. The summed E-state index contributed by atoms with van der Waals surface area (Å²) in [5.41, 5.74) is 2.09. The SMILES string of the molecule is C=CCOC(=O)C1=C(C)Nc2nc(SCC)nn2C1c1ccc(OCC)cc1. The van der Waals surface area contributed by atoms with E-state index in [0.717, 1.165) is 17.1 Å². The molecule has 2 aromatic rings. The van der Waals surface area contributed by atoms with E-state index in [0.29, 0.717) is 29.0 Å². The maximum absolute atomic E-state index is 12.8. The molecule has 0 spiro atoms. The third-order valence-electron chi connectivity index (χ3n) is 4.17. The average molecular weight is 401 g/mol. The third kappa shape index (κ3) is 4.06. The number of carbonyl (C=O) groups excluding carboxylic acids is 1. The molecule has 8 heteroatoms. The number of thioether (sulfide) groups is 1. The molecule has 0 bridgehead atoms. The topological polar surface area (TPSA) is 78.3 Å². The number of nitrogens with one attached hydrogen (secondary N) is 1. The molecule has 0 saturated carbocycles. The minimum absolute atomic E-state index is 0.146. The van der Waals surface area contributed by atoms with Crippen molar-refractivity contribution < 1.29 is 14.3 Å². The van der Waals surface area contributed by atoms with Gasteiger partial charge in [-0.2, -0.15) is 4.98 Å². The van der Waals surface area contributed by atoms with Crippen LogP contribution in [0.5, 0.6) is 5.75 Å². The molecule has 1 N–H and O–H groups in total. The quantitative estimate of drug-likeness (QED) is 0.410. The average Bonchev–Trinajstić information content (AvgIpc) is 3.08. The zero-order chi connectivity index (χ0) is 20.1. The Bertz CT molecular complexity index is 889. The largest absolute Gasteiger partial charge is 0.494 e. The smallest absolute Gasteiger partial charge is 0.338 e. The third-order valence-corrected chi connectivity index (χ3v) is 4.89. The number of hydrogen-bond donors (Lipinski definition) is 1. The second-order valence-corrected chi connectivity index (χ2v) is 7.28. The van der Waals surface area contributed by atoms with Crippen LogP contribution in [-0.4, -0.2) is 39.7 Å². The van der Waals surface area contributed by atoms with Crippen molar-refractivity contribution in [1.29, 1.82) is 0 Å². The second kappa shape index (κ2) is 8.97. The number of rotatable bonds is 8. The van der Waals surface area contributed by atoms with Crippen LogP contribution in [0.3, 0.4) is 0 Å². The molecule has 3 rings (SSSR count). The monoisotopic (exact) mass is 400 g/mol. The van der Waals surface area contributed by atoms with Crippen molar-refractivity contribution in [3.63, 3.8) is 0 Å². The summed E-state index contributed by atoms with van der Waals surface area (Å²) in [7, 11) is 0. The first-order valence-electron chi connectivity index (χ1n) is 9.16. The molecule has 1 atom stereocenters. The fraction of sp³-hybridized carbons (Fsp3) is 0.350. The highest BCUT2D eigenvalue weighted by Gasteiger charge is 2.35. The normalized spacial score (nSPS) is 15.6. The van der Waals surface area contributed by atoms with Gasteiger partial charge in [-0.15, -0.1) is 5.10 Å². The molecule has 1 unspecified atom stereocenters. The lowest BCUT2D eigenvalue weighted by atomic mass is 9.96. The molecule has 1 aliphatic heterocycles. The summed E-state index contributed by atoms with van der Waals surface area (Å²) < 4.78 is 12.6. The minimum Gasteiger partial charge on any atom is -0.494 e. The van der Waals surface area contributed by atoms with Crippen molar-refractivity contribution in [3.05, 3.63) is 53.8 Å². The van der Waals surface area contributed by atoms with Gasteiger partial charge in [0.1, 0.15) is 18.4 Å². The van der Waals surface area contributed by atoms with E-state index in [9.17, 15) is 4.79 Å². The zero-order valence-electron chi connectivity index (χ0n) is 16.3. The predicted octanol–water partition coefficient (Wildman–Crippen LogP) is 3.81. The number of carbonyl (C=O) groups is 1. The molecule has 0 saturated heterocycles. The Morgan fingerprint density at radius 1 is 1.36 bits per heavy atom. The maximum atomic E-state index is 12.8. The van der Waals surface area contributed by atoms with E-state index in [1.807, 2.05) is 45.0 Å². The van der Waals surface area contributed by atoms with Crippen molar-refractivity contribution in [2.75, 3.05) is 24.3 Å².